The molecule has 17 heavy (non-hydrogen) atoms. The number of imidazole rings is 1. The van der Waals surface area contributed by atoms with Crippen molar-refractivity contribution >= 4 is 6.09 Å². The van der Waals surface area contributed by atoms with Crippen molar-refractivity contribution in [1.29, 1.82) is 0 Å². The first-order valence-corrected chi connectivity index (χ1v) is 6.00. The highest BCUT2D eigenvalue weighted by atomic mass is 16.5. The van der Waals surface area contributed by atoms with Gasteiger partial charge in [0.15, 0.2) is 0 Å². The quantitative estimate of drug-likeness (QED) is 0.683. The van der Waals surface area contributed by atoms with Crippen LogP contribution in [0.4, 0.5) is 4.79 Å². The van der Waals surface area contributed by atoms with Crippen LogP contribution < -0.4 is 0 Å². The van der Waals surface area contributed by atoms with Crippen molar-refractivity contribution in [2.45, 2.75) is 25.7 Å². The van der Waals surface area contributed by atoms with E-state index in [1.165, 1.54) is 23.7 Å². The van der Waals surface area contributed by atoms with Crippen LogP contribution in [0.15, 0.2) is 18.7 Å². The lowest BCUT2D eigenvalue weighted by molar-refractivity contribution is 0.145. The fourth-order valence-electron chi connectivity index (χ4n) is 1.48. The maximum atomic E-state index is 11.4. The summed E-state index contributed by atoms with van der Waals surface area (Å²) in [6.07, 6.45) is 8.64. The molecule has 0 aliphatic rings. The maximum absolute atomic E-state index is 11.4. The number of nitrogens with zero attached hydrogens (tertiary/aromatic N) is 3. The fraction of sp³-hybridized carbons (Fsp3) is 0.667. The summed E-state index contributed by atoms with van der Waals surface area (Å²) in [6.45, 7) is 1.60. The van der Waals surface area contributed by atoms with E-state index in [1.807, 2.05) is 0 Å². The Morgan fingerprint density at radius 1 is 1.29 bits per heavy atom. The van der Waals surface area contributed by atoms with Crippen LogP contribution in [0.25, 0.3) is 0 Å². The molecule has 0 aliphatic carbocycles. The van der Waals surface area contributed by atoms with Crippen molar-refractivity contribution in [1.82, 2.24) is 14.5 Å². The second-order valence-corrected chi connectivity index (χ2v) is 4.30. The Labute approximate surface area is 102 Å². The normalized spacial score (nSPS) is 10.8. The van der Waals surface area contributed by atoms with E-state index in [0.717, 1.165) is 19.4 Å². The third-order valence-electron chi connectivity index (χ3n) is 2.44. The third-order valence-corrected chi connectivity index (χ3v) is 2.44. The van der Waals surface area contributed by atoms with Crippen molar-refractivity contribution < 1.29 is 9.53 Å². The molecule has 0 atom stereocenters. The van der Waals surface area contributed by atoms with Gasteiger partial charge in [-0.2, -0.15) is 0 Å². The van der Waals surface area contributed by atoms with Crippen molar-refractivity contribution in [3.8, 4) is 0 Å². The van der Waals surface area contributed by atoms with E-state index in [4.69, 9.17) is 4.74 Å². The molecule has 1 heterocycles. The molecule has 0 saturated heterocycles. The van der Waals surface area contributed by atoms with Crippen molar-refractivity contribution in [2.75, 3.05) is 27.2 Å². The summed E-state index contributed by atoms with van der Waals surface area (Å²) in [5, 5.41) is 0. The zero-order valence-corrected chi connectivity index (χ0v) is 10.6. The molecule has 5 heteroatoms. The third kappa shape index (κ3) is 6.06. The SMILES string of the molecule is CN(C)CCCCCCOC(=O)n1ccnc1. The molecule has 0 saturated carbocycles. The predicted molar refractivity (Wildman–Crippen MR) is 66.0 cm³/mol. The monoisotopic (exact) mass is 239 g/mol. The van der Waals surface area contributed by atoms with Gasteiger partial charge in [-0.05, 0) is 33.5 Å². The van der Waals surface area contributed by atoms with Gasteiger partial charge in [0.25, 0.3) is 0 Å². The standard InChI is InChI=1S/C12H21N3O2/c1-14(2)8-5-3-4-6-10-17-12(16)15-9-7-13-11-15/h7,9,11H,3-6,8,10H2,1-2H3. The Bertz CT molecular complexity index is 310. The molecule has 0 aromatic carbocycles. The average molecular weight is 239 g/mol. The highest BCUT2D eigenvalue weighted by Crippen LogP contribution is 2.01. The molecule has 1 aromatic rings. The van der Waals surface area contributed by atoms with Gasteiger partial charge in [-0.15, -0.1) is 0 Å². The van der Waals surface area contributed by atoms with Gasteiger partial charge in [-0.3, -0.25) is 0 Å². The maximum Gasteiger partial charge on any atom is 0.419 e. The summed E-state index contributed by atoms with van der Waals surface area (Å²) in [6, 6.07) is 0. The second-order valence-electron chi connectivity index (χ2n) is 4.30. The minimum Gasteiger partial charge on any atom is -0.449 e. The Hall–Kier alpha value is -1.36. The van der Waals surface area contributed by atoms with Crippen molar-refractivity contribution in [3.05, 3.63) is 18.7 Å². The van der Waals surface area contributed by atoms with E-state index in [2.05, 4.69) is 24.0 Å². The molecule has 0 spiro atoms. The summed E-state index contributed by atoms with van der Waals surface area (Å²) in [5.41, 5.74) is 0. The zero-order valence-electron chi connectivity index (χ0n) is 10.6. The molecule has 0 fully saturated rings. The van der Waals surface area contributed by atoms with Gasteiger partial charge in [-0.1, -0.05) is 12.8 Å². The van der Waals surface area contributed by atoms with Crippen LogP contribution in [0.2, 0.25) is 0 Å². The number of hydrogen-bond donors (Lipinski definition) is 0. The Balaban J connectivity index is 1.96. The Morgan fingerprint density at radius 3 is 2.71 bits per heavy atom. The van der Waals surface area contributed by atoms with Gasteiger partial charge in [0, 0.05) is 12.4 Å². The van der Waals surface area contributed by atoms with E-state index in [-0.39, 0.29) is 6.09 Å². The summed E-state index contributed by atoms with van der Waals surface area (Å²) < 4.78 is 6.43. The average Bonchev–Trinajstić information content (AvgIpc) is 2.80. The molecule has 0 radical (unpaired) electrons. The van der Waals surface area contributed by atoms with Crippen LogP contribution in [0.5, 0.6) is 0 Å². The van der Waals surface area contributed by atoms with Gasteiger partial charge < -0.3 is 9.64 Å². The number of unbranched alkanes of at least 4 members (excludes halogenated alkanes) is 3. The number of carbonyl (C=O) groups is 1. The van der Waals surface area contributed by atoms with E-state index in [1.54, 1.807) is 12.4 Å². The number of ether oxygens (including phenoxy) is 1. The summed E-state index contributed by atoms with van der Waals surface area (Å²) in [5.74, 6) is 0. The topological polar surface area (TPSA) is 47.4 Å². The first kappa shape index (κ1) is 13.7. The summed E-state index contributed by atoms with van der Waals surface area (Å²) >= 11 is 0. The molecule has 1 rings (SSSR count). The molecule has 0 bridgehead atoms. The van der Waals surface area contributed by atoms with Crippen LogP contribution in [0.1, 0.15) is 25.7 Å². The van der Waals surface area contributed by atoms with E-state index in [9.17, 15) is 4.79 Å². The van der Waals surface area contributed by atoms with E-state index in [0.29, 0.717) is 6.61 Å². The van der Waals surface area contributed by atoms with Crippen LogP contribution in [-0.2, 0) is 4.74 Å². The minimum absolute atomic E-state index is 0.351. The van der Waals surface area contributed by atoms with Gasteiger partial charge in [-0.25, -0.2) is 14.3 Å². The molecule has 0 aliphatic heterocycles. The second kappa shape index (κ2) is 7.84. The summed E-state index contributed by atoms with van der Waals surface area (Å²) in [7, 11) is 4.15. The van der Waals surface area contributed by atoms with Crippen LogP contribution in [-0.4, -0.2) is 47.8 Å². The number of rotatable bonds is 7. The van der Waals surface area contributed by atoms with Crippen LogP contribution in [0.3, 0.4) is 0 Å². The highest BCUT2D eigenvalue weighted by molar-refractivity contribution is 5.69. The number of aromatic nitrogens is 2. The molecular formula is C12H21N3O2. The number of carbonyl (C=O) groups excluding carboxylic acids is 1. The molecule has 5 nitrogen and oxygen atoms in total. The lowest BCUT2D eigenvalue weighted by atomic mass is 10.2. The van der Waals surface area contributed by atoms with Gasteiger partial charge in [0.2, 0.25) is 0 Å². The van der Waals surface area contributed by atoms with Crippen molar-refractivity contribution in [3.63, 3.8) is 0 Å². The van der Waals surface area contributed by atoms with Gasteiger partial charge >= 0.3 is 6.09 Å². The van der Waals surface area contributed by atoms with Crippen LogP contribution in [0, 0.1) is 0 Å². The zero-order chi connectivity index (χ0) is 12.5. The number of hydrogen-bond acceptors (Lipinski definition) is 4. The fourth-order valence-corrected chi connectivity index (χ4v) is 1.48. The summed E-state index contributed by atoms with van der Waals surface area (Å²) in [4.78, 5) is 17.3. The minimum atomic E-state index is -0.351. The molecule has 0 N–H and O–H groups in total. The lowest BCUT2D eigenvalue weighted by Crippen LogP contribution is -2.13. The van der Waals surface area contributed by atoms with E-state index < -0.39 is 0 Å². The van der Waals surface area contributed by atoms with Gasteiger partial charge in [0.05, 0.1) is 6.61 Å². The molecule has 96 valence electrons. The smallest absolute Gasteiger partial charge is 0.419 e. The molecule has 0 unspecified atom stereocenters. The van der Waals surface area contributed by atoms with Crippen LogP contribution >= 0.6 is 0 Å². The largest absolute Gasteiger partial charge is 0.449 e. The first-order chi connectivity index (χ1) is 8.20. The van der Waals surface area contributed by atoms with E-state index >= 15 is 0 Å². The molecule has 0 amide bonds. The highest BCUT2D eigenvalue weighted by Gasteiger charge is 2.03. The first-order valence-electron chi connectivity index (χ1n) is 6.00. The van der Waals surface area contributed by atoms with Crippen molar-refractivity contribution in [2.24, 2.45) is 0 Å². The van der Waals surface area contributed by atoms with Gasteiger partial charge in [0.1, 0.15) is 6.33 Å². The Kier molecular flexibility index (Phi) is 6.32. The predicted octanol–water partition coefficient (Wildman–Crippen LogP) is 1.99. The lowest BCUT2D eigenvalue weighted by Gasteiger charge is -2.08. The Morgan fingerprint density at radius 2 is 2.06 bits per heavy atom. The molecule has 1 aromatic heterocycles. The molecular weight excluding hydrogens is 218 g/mol.